The van der Waals surface area contributed by atoms with Crippen LogP contribution in [0.1, 0.15) is 25.7 Å². The zero-order chi connectivity index (χ0) is 14.0. The first-order valence-corrected chi connectivity index (χ1v) is 7.78. The molecule has 4 aliphatic rings. The first-order valence-electron chi connectivity index (χ1n) is 7.78. The molecule has 6 atom stereocenters. The van der Waals surface area contributed by atoms with Gasteiger partial charge >= 0.3 is 0 Å². The topological polar surface area (TPSA) is 60.9 Å². The standard InChI is InChI=1S/C15H22N2O3/c1-16-3-2-8(6-12(16)18)15(20)17-7-10-4-9-5-11(10)13(17)14(9)19/h8-11,13-14,19H,2-7H2,1H3/t8-,9-,10-,11+,13+,14+/m0/s1. The average molecular weight is 278 g/mol. The van der Waals surface area contributed by atoms with Gasteiger partial charge in [-0.05, 0) is 37.0 Å². The minimum atomic E-state index is -0.329. The van der Waals surface area contributed by atoms with Crippen LogP contribution in [0.3, 0.4) is 0 Å². The minimum absolute atomic E-state index is 0.0426. The van der Waals surface area contributed by atoms with Gasteiger partial charge in [0.25, 0.3) is 0 Å². The molecule has 2 heterocycles. The molecule has 2 bridgehead atoms. The van der Waals surface area contributed by atoms with E-state index in [1.54, 1.807) is 11.9 Å². The summed E-state index contributed by atoms with van der Waals surface area (Å²) < 4.78 is 0. The van der Waals surface area contributed by atoms with E-state index in [9.17, 15) is 14.7 Å². The van der Waals surface area contributed by atoms with Crippen molar-refractivity contribution >= 4 is 11.8 Å². The molecule has 2 saturated carbocycles. The Morgan fingerprint density at radius 3 is 2.80 bits per heavy atom. The van der Waals surface area contributed by atoms with Crippen molar-refractivity contribution in [3.05, 3.63) is 0 Å². The van der Waals surface area contributed by atoms with Gasteiger partial charge in [0.2, 0.25) is 11.8 Å². The highest BCUT2D eigenvalue weighted by molar-refractivity contribution is 5.87. The summed E-state index contributed by atoms with van der Waals surface area (Å²) in [4.78, 5) is 28.2. The second kappa shape index (κ2) is 4.20. The van der Waals surface area contributed by atoms with Crippen molar-refractivity contribution in [1.29, 1.82) is 0 Å². The highest BCUT2D eigenvalue weighted by atomic mass is 16.3. The number of fused-ring (bicyclic) bond motifs is 1. The summed E-state index contributed by atoms with van der Waals surface area (Å²) >= 11 is 0. The number of amides is 2. The van der Waals surface area contributed by atoms with E-state index in [-0.39, 0.29) is 29.9 Å². The zero-order valence-electron chi connectivity index (χ0n) is 11.9. The molecule has 5 nitrogen and oxygen atoms in total. The lowest BCUT2D eigenvalue weighted by Gasteiger charge is -2.34. The van der Waals surface area contributed by atoms with Crippen molar-refractivity contribution in [2.45, 2.75) is 37.8 Å². The van der Waals surface area contributed by atoms with Crippen molar-refractivity contribution in [3.63, 3.8) is 0 Å². The molecular weight excluding hydrogens is 256 g/mol. The second-order valence-electron chi connectivity index (χ2n) is 7.13. The fourth-order valence-electron chi connectivity index (χ4n) is 5.06. The Kier molecular flexibility index (Phi) is 2.65. The van der Waals surface area contributed by atoms with Gasteiger partial charge in [-0.15, -0.1) is 0 Å². The molecule has 0 aromatic carbocycles. The van der Waals surface area contributed by atoms with Crippen LogP contribution in [0.15, 0.2) is 0 Å². The van der Waals surface area contributed by atoms with Crippen LogP contribution >= 0.6 is 0 Å². The summed E-state index contributed by atoms with van der Waals surface area (Å²) in [6.07, 6.45) is 2.95. The molecule has 0 unspecified atom stereocenters. The predicted octanol–water partition coefficient (Wildman–Crippen LogP) is 0.0825. The van der Waals surface area contributed by atoms with E-state index in [1.807, 2.05) is 4.90 Å². The fraction of sp³-hybridized carbons (Fsp3) is 0.867. The second-order valence-corrected chi connectivity index (χ2v) is 7.13. The van der Waals surface area contributed by atoms with Crippen LogP contribution in [0.2, 0.25) is 0 Å². The molecule has 0 aromatic heterocycles. The third kappa shape index (κ3) is 1.59. The van der Waals surface area contributed by atoms with Gasteiger partial charge in [0, 0.05) is 32.5 Å². The van der Waals surface area contributed by atoms with Gasteiger partial charge in [0.15, 0.2) is 0 Å². The number of hydrogen-bond donors (Lipinski definition) is 1. The van der Waals surface area contributed by atoms with Gasteiger partial charge in [-0.2, -0.15) is 0 Å². The Labute approximate surface area is 118 Å². The van der Waals surface area contributed by atoms with E-state index in [4.69, 9.17) is 0 Å². The Bertz CT molecular complexity index is 464. The van der Waals surface area contributed by atoms with Crippen molar-refractivity contribution in [3.8, 4) is 0 Å². The summed E-state index contributed by atoms with van der Waals surface area (Å²) in [7, 11) is 1.80. The molecule has 0 radical (unpaired) electrons. The van der Waals surface area contributed by atoms with Gasteiger partial charge in [-0.1, -0.05) is 0 Å². The van der Waals surface area contributed by atoms with Gasteiger partial charge in [-0.25, -0.2) is 0 Å². The molecule has 2 saturated heterocycles. The Balaban J connectivity index is 1.51. The number of carbonyl (C=O) groups excluding carboxylic acids is 2. The van der Waals surface area contributed by atoms with E-state index in [1.165, 1.54) is 0 Å². The summed E-state index contributed by atoms with van der Waals surface area (Å²) in [6, 6.07) is 0.0426. The molecule has 4 fully saturated rings. The third-order valence-corrected chi connectivity index (χ3v) is 6.14. The molecule has 1 N–H and O–H groups in total. The molecule has 2 amide bonds. The Morgan fingerprint density at radius 1 is 1.30 bits per heavy atom. The van der Waals surface area contributed by atoms with Crippen molar-refractivity contribution in [1.82, 2.24) is 9.80 Å². The molecule has 5 heteroatoms. The van der Waals surface area contributed by atoms with Crippen LogP contribution in [0.25, 0.3) is 0 Å². The maximum Gasteiger partial charge on any atom is 0.226 e. The van der Waals surface area contributed by atoms with Gasteiger partial charge in [0.05, 0.1) is 12.1 Å². The van der Waals surface area contributed by atoms with Gasteiger partial charge in [0.1, 0.15) is 0 Å². The van der Waals surface area contributed by atoms with Crippen molar-refractivity contribution in [2.75, 3.05) is 20.1 Å². The van der Waals surface area contributed by atoms with Crippen LogP contribution in [0.4, 0.5) is 0 Å². The molecular formula is C15H22N2O3. The van der Waals surface area contributed by atoms with Crippen molar-refractivity contribution < 1.29 is 14.7 Å². The lowest BCUT2D eigenvalue weighted by Crippen LogP contribution is -2.48. The average Bonchev–Trinajstić information content (AvgIpc) is 3.02. The number of aliphatic hydroxyl groups excluding tert-OH is 1. The summed E-state index contributed by atoms with van der Waals surface area (Å²) in [6.45, 7) is 1.48. The summed E-state index contributed by atoms with van der Waals surface area (Å²) in [5.74, 6) is 1.54. The number of nitrogens with zero attached hydrogens (tertiary/aromatic N) is 2. The van der Waals surface area contributed by atoms with E-state index in [0.717, 1.165) is 25.8 Å². The van der Waals surface area contributed by atoms with Crippen LogP contribution in [0, 0.1) is 23.7 Å². The molecule has 0 spiro atoms. The molecule has 110 valence electrons. The minimum Gasteiger partial charge on any atom is -0.391 e. The SMILES string of the molecule is CN1CC[C@H](C(=O)N2C[C@@H]3C[C@H]4C[C@H]3[C@@H]2[C@@H]4O)CC1=O. The van der Waals surface area contributed by atoms with Gasteiger partial charge in [-0.3, -0.25) is 9.59 Å². The monoisotopic (exact) mass is 278 g/mol. The van der Waals surface area contributed by atoms with Crippen LogP contribution in [-0.2, 0) is 9.59 Å². The molecule has 4 rings (SSSR count). The smallest absolute Gasteiger partial charge is 0.226 e. The molecule has 2 aliphatic carbocycles. The largest absolute Gasteiger partial charge is 0.391 e. The third-order valence-electron chi connectivity index (χ3n) is 6.14. The van der Waals surface area contributed by atoms with Crippen LogP contribution < -0.4 is 0 Å². The number of piperidine rings is 1. The zero-order valence-corrected chi connectivity index (χ0v) is 11.9. The van der Waals surface area contributed by atoms with Crippen LogP contribution in [0.5, 0.6) is 0 Å². The van der Waals surface area contributed by atoms with E-state index < -0.39 is 0 Å². The van der Waals surface area contributed by atoms with E-state index in [0.29, 0.717) is 30.7 Å². The number of likely N-dealkylation sites (tertiary alicyclic amines) is 2. The number of aliphatic hydroxyl groups is 1. The summed E-state index contributed by atoms with van der Waals surface area (Å²) in [5.41, 5.74) is 0. The highest BCUT2D eigenvalue weighted by Crippen LogP contribution is 2.55. The van der Waals surface area contributed by atoms with Crippen LogP contribution in [-0.4, -0.2) is 59.0 Å². The number of carbonyl (C=O) groups is 2. The van der Waals surface area contributed by atoms with E-state index in [2.05, 4.69) is 0 Å². The normalized spacial score (nSPS) is 46.4. The first-order chi connectivity index (χ1) is 9.56. The van der Waals surface area contributed by atoms with E-state index >= 15 is 0 Å². The maximum absolute atomic E-state index is 12.7. The quantitative estimate of drug-likeness (QED) is 0.739. The highest BCUT2D eigenvalue weighted by Gasteiger charge is 2.60. The Hall–Kier alpha value is -1.10. The maximum atomic E-state index is 12.7. The predicted molar refractivity (Wildman–Crippen MR) is 71.6 cm³/mol. The molecule has 2 aliphatic heterocycles. The summed E-state index contributed by atoms with van der Waals surface area (Å²) in [5, 5.41) is 10.3. The lowest BCUT2D eigenvalue weighted by atomic mass is 9.88. The molecule has 0 aromatic rings. The Morgan fingerprint density at radius 2 is 2.10 bits per heavy atom. The first kappa shape index (κ1) is 12.6. The fourth-order valence-corrected chi connectivity index (χ4v) is 5.06. The molecule has 20 heavy (non-hydrogen) atoms. The lowest BCUT2D eigenvalue weighted by molar-refractivity contribution is -0.146. The number of rotatable bonds is 1. The number of hydrogen-bond acceptors (Lipinski definition) is 3. The van der Waals surface area contributed by atoms with Crippen molar-refractivity contribution in [2.24, 2.45) is 23.7 Å². The van der Waals surface area contributed by atoms with Gasteiger partial charge < -0.3 is 14.9 Å².